The maximum atomic E-state index is 2.99. The Hall–Kier alpha value is -3.03. The van der Waals surface area contributed by atoms with Crippen LogP contribution in [-0.4, -0.2) is 3.26 Å². The second-order valence-electron chi connectivity index (χ2n) is 8.44. The molecule has 0 spiro atoms. The van der Waals surface area contributed by atoms with Gasteiger partial charge in [0.25, 0.3) is 0 Å². The Balaban J connectivity index is 0.000000134. The van der Waals surface area contributed by atoms with Gasteiger partial charge in [-0.25, -0.2) is 12.2 Å². The van der Waals surface area contributed by atoms with E-state index in [1.807, 2.05) is 12.2 Å². The van der Waals surface area contributed by atoms with E-state index in [4.69, 9.17) is 0 Å². The van der Waals surface area contributed by atoms with E-state index in [0.717, 1.165) is 30.3 Å². The van der Waals surface area contributed by atoms with E-state index in [2.05, 4.69) is 129 Å². The molecule has 1 heteroatoms. The summed E-state index contributed by atoms with van der Waals surface area (Å²) >= 11 is 1.08. The first-order chi connectivity index (χ1) is 16.6. The summed E-state index contributed by atoms with van der Waals surface area (Å²) in [4.78, 5) is 0. The van der Waals surface area contributed by atoms with Gasteiger partial charge in [-0.05, 0) is 13.8 Å². The van der Waals surface area contributed by atoms with Gasteiger partial charge in [0.1, 0.15) is 0 Å². The molecule has 34 heavy (non-hydrogen) atoms. The number of aryl methyl sites for hydroxylation is 2. The minimum absolute atomic E-state index is 1.01. The fraction of sp³-hybridized carbons (Fsp3) is 0.0909. The molecule has 0 heterocycles. The SMILES string of the molecule is Cc1ccc2[cH-]c3ccc(C)cc3c2c1.[C-]1=CC=CC1.[Hf+2]=[C](c1ccccc1)c1ccccc1. The van der Waals surface area contributed by atoms with Crippen molar-refractivity contribution in [1.29, 1.82) is 0 Å². The molecule has 0 bridgehead atoms. The summed E-state index contributed by atoms with van der Waals surface area (Å²) in [6, 6.07) is 36.8. The molecule has 0 unspecified atom stereocenters. The molecule has 1 aliphatic carbocycles. The molecule has 5 aromatic carbocycles. The zero-order chi connectivity index (χ0) is 23.8. The standard InChI is InChI=1S/C15H13.C13H10.C5H5.Hf/c1-10-3-5-12-9-13-6-4-11(2)8-15(13)14(12)7-10;1-3-7-12(8-4-1)11-13-9-5-2-6-10-13;1-2-4-5-3-1;/h3-9H,1-2H3;1-10H;1-3H,4H2;/q-1;;-1;+2. The summed E-state index contributed by atoms with van der Waals surface area (Å²) in [5, 5.41) is 5.46. The van der Waals surface area contributed by atoms with E-state index in [-0.39, 0.29) is 0 Å². The first kappa shape index (κ1) is 24.1. The summed E-state index contributed by atoms with van der Waals surface area (Å²) in [6.45, 7) is 4.29. The molecule has 0 aliphatic heterocycles. The third-order valence-corrected chi connectivity index (χ3v) is 7.80. The van der Waals surface area contributed by atoms with E-state index in [9.17, 15) is 0 Å². The van der Waals surface area contributed by atoms with Gasteiger partial charge >= 0.3 is 98.9 Å². The third kappa shape index (κ3) is 6.30. The van der Waals surface area contributed by atoms with E-state index in [1.54, 1.807) is 0 Å². The van der Waals surface area contributed by atoms with Gasteiger partial charge in [-0.2, -0.15) is 6.08 Å². The van der Waals surface area contributed by atoms with Crippen LogP contribution in [0.1, 0.15) is 28.7 Å². The van der Waals surface area contributed by atoms with Crippen molar-refractivity contribution in [2.24, 2.45) is 0 Å². The van der Waals surface area contributed by atoms with Crippen LogP contribution in [0.3, 0.4) is 0 Å². The van der Waals surface area contributed by atoms with Gasteiger partial charge in [-0.1, -0.05) is 35.4 Å². The van der Waals surface area contributed by atoms with Crippen molar-refractivity contribution >= 4 is 24.8 Å². The van der Waals surface area contributed by atoms with Crippen LogP contribution in [0, 0.1) is 19.9 Å². The molecule has 0 atom stereocenters. The fourth-order valence-corrected chi connectivity index (χ4v) is 5.14. The van der Waals surface area contributed by atoms with Crippen LogP contribution in [0.15, 0.2) is 121 Å². The number of hydrogen-bond donors (Lipinski definition) is 0. The van der Waals surface area contributed by atoms with E-state index >= 15 is 0 Å². The van der Waals surface area contributed by atoms with Gasteiger partial charge in [-0.3, -0.25) is 6.08 Å². The topological polar surface area (TPSA) is 0 Å². The van der Waals surface area contributed by atoms with Gasteiger partial charge in [-0.15, -0.1) is 46.2 Å². The van der Waals surface area contributed by atoms with Gasteiger partial charge < -0.3 is 0 Å². The molecule has 0 radical (unpaired) electrons. The Kier molecular flexibility index (Phi) is 8.44. The molecule has 6 rings (SSSR count). The van der Waals surface area contributed by atoms with Crippen molar-refractivity contribution < 1.29 is 23.9 Å². The fourth-order valence-electron chi connectivity index (χ4n) is 3.94. The van der Waals surface area contributed by atoms with E-state index in [1.165, 1.54) is 47.1 Å². The van der Waals surface area contributed by atoms with Crippen LogP contribution in [0.4, 0.5) is 0 Å². The van der Waals surface area contributed by atoms with Gasteiger partial charge in [0.2, 0.25) is 0 Å². The van der Waals surface area contributed by atoms with E-state index < -0.39 is 0 Å². The van der Waals surface area contributed by atoms with E-state index in [0.29, 0.717) is 0 Å². The number of fused-ring (bicyclic) bond motifs is 3. The number of rotatable bonds is 2. The molecule has 0 amide bonds. The second kappa shape index (κ2) is 11.9. The molecule has 164 valence electrons. The molecule has 0 saturated heterocycles. The Bertz CT molecular complexity index is 1330. The van der Waals surface area contributed by atoms with Crippen LogP contribution in [0.25, 0.3) is 21.5 Å². The summed E-state index contributed by atoms with van der Waals surface area (Å²) < 4.78 is 1.46. The van der Waals surface area contributed by atoms with Crippen LogP contribution in [0.2, 0.25) is 0 Å². The molecule has 0 nitrogen and oxygen atoms in total. The van der Waals surface area contributed by atoms with Crippen LogP contribution < -0.4 is 0 Å². The number of allylic oxidation sites excluding steroid dienone is 4. The van der Waals surface area contributed by atoms with Gasteiger partial charge in [0.15, 0.2) is 0 Å². The predicted octanol–water partition coefficient (Wildman–Crippen LogP) is 8.44. The molecule has 5 aromatic rings. The van der Waals surface area contributed by atoms with Crippen molar-refractivity contribution in [3.63, 3.8) is 0 Å². The number of hydrogen-bond acceptors (Lipinski definition) is 0. The zero-order valence-electron chi connectivity index (χ0n) is 19.8. The molecule has 0 aromatic heterocycles. The molecule has 0 N–H and O–H groups in total. The average molecular weight is 603 g/mol. The Morgan fingerprint density at radius 1 is 0.706 bits per heavy atom. The molecule has 1 aliphatic rings. The van der Waals surface area contributed by atoms with Crippen molar-refractivity contribution in [1.82, 2.24) is 0 Å². The maximum absolute atomic E-state index is 2.99. The second-order valence-corrected chi connectivity index (χ2v) is 10.2. The molecule has 0 saturated carbocycles. The van der Waals surface area contributed by atoms with Crippen LogP contribution in [-0.2, 0) is 23.9 Å². The predicted molar refractivity (Wildman–Crippen MR) is 144 cm³/mol. The van der Waals surface area contributed by atoms with Crippen molar-refractivity contribution in [3.05, 3.63) is 150 Å². The summed E-state index contributed by atoms with van der Waals surface area (Å²) in [6.07, 6.45) is 10.0. The Labute approximate surface area is 217 Å². The van der Waals surface area contributed by atoms with Crippen molar-refractivity contribution in [3.8, 4) is 0 Å². The number of benzene rings is 4. The zero-order valence-corrected chi connectivity index (χ0v) is 23.3. The molecule has 0 fully saturated rings. The van der Waals surface area contributed by atoms with Crippen LogP contribution in [0.5, 0.6) is 0 Å². The quantitative estimate of drug-likeness (QED) is 0.141. The van der Waals surface area contributed by atoms with Crippen molar-refractivity contribution in [2.75, 3.05) is 0 Å². The average Bonchev–Trinajstić information content (AvgIpc) is 3.57. The first-order valence-electron chi connectivity index (χ1n) is 11.6. The van der Waals surface area contributed by atoms with Gasteiger partial charge in [0.05, 0.1) is 0 Å². The summed E-state index contributed by atoms with van der Waals surface area (Å²) in [7, 11) is 0. The van der Waals surface area contributed by atoms with Gasteiger partial charge in [0, 0.05) is 0 Å². The van der Waals surface area contributed by atoms with Crippen molar-refractivity contribution in [2.45, 2.75) is 20.3 Å². The summed E-state index contributed by atoms with van der Waals surface area (Å²) in [5.74, 6) is 0. The Morgan fingerprint density at radius 2 is 1.21 bits per heavy atom. The Morgan fingerprint density at radius 3 is 1.59 bits per heavy atom. The molecular formula is C33H28Hf. The first-order valence-corrected chi connectivity index (χ1v) is 13.4. The summed E-state index contributed by atoms with van der Waals surface area (Å²) in [5.41, 5.74) is 5.36. The molecular weight excluding hydrogens is 575 g/mol. The van der Waals surface area contributed by atoms with Crippen LogP contribution >= 0.6 is 0 Å². The minimum atomic E-state index is 1.01. The third-order valence-electron chi connectivity index (χ3n) is 5.73. The normalized spacial score (nSPS) is 11.6. The monoisotopic (exact) mass is 604 g/mol.